The number of amides is 1. The van der Waals surface area contributed by atoms with Crippen molar-refractivity contribution in [2.45, 2.75) is 39.2 Å². The molecule has 1 aliphatic rings. The van der Waals surface area contributed by atoms with Gasteiger partial charge in [0.05, 0.1) is 13.2 Å². The summed E-state index contributed by atoms with van der Waals surface area (Å²) in [7, 11) is 0. The lowest BCUT2D eigenvalue weighted by molar-refractivity contribution is -0.126. The summed E-state index contributed by atoms with van der Waals surface area (Å²) in [5, 5.41) is 7.23. The molecule has 0 bridgehead atoms. The molecule has 8 heteroatoms. The lowest BCUT2D eigenvalue weighted by Crippen LogP contribution is -2.40. The first kappa shape index (κ1) is 24.4. The predicted molar refractivity (Wildman–Crippen MR) is 134 cm³/mol. The Balaban J connectivity index is 1.17. The molecule has 1 N–H and O–H groups in total. The zero-order valence-corrected chi connectivity index (χ0v) is 21.1. The van der Waals surface area contributed by atoms with Gasteiger partial charge >= 0.3 is 0 Å². The largest absolute Gasteiger partial charge is 0.494 e. The number of piperidine rings is 1. The third kappa shape index (κ3) is 6.67. The number of nitrogens with zero attached hydrogens (tertiary/aromatic N) is 3. The molecule has 0 unspecified atom stereocenters. The normalized spacial score (nSPS) is 14.8. The minimum Gasteiger partial charge on any atom is -0.494 e. The van der Waals surface area contributed by atoms with Gasteiger partial charge in [-0.25, -0.2) is 0 Å². The van der Waals surface area contributed by atoms with Crippen molar-refractivity contribution in [3.05, 3.63) is 64.5 Å². The maximum atomic E-state index is 12.6. The van der Waals surface area contributed by atoms with E-state index in [0.29, 0.717) is 31.4 Å². The molecule has 7 nitrogen and oxygen atoms in total. The number of hydrogen-bond acceptors (Lipinski definition) is 6. The molecule has 2 heterocycles. The van der Waals surface area contributed by atoms with E-state index in [0.717, 1.165) is 54.6 Å². The van der Waals surface area contributed by atoms with Gasteiger partial charge in [0.25, 0.3) is 0 Å². The molecule has 180 valence electrons. The van der Waals surface area contributed by atoms with E-state index in [1.807, 2.05) is 49.4 Å². The van der Waals surface area contributed by atoms with Gasteiger partial charge in [0.1, 0.15) is 5.75 Å². The molecular weight excluding hydrogens is 496 g/mol. The van der Waals surface area contributed by atoms with E-state index in [1.54, 1.807) is 0 Å². The SMILES string of the molecule is CCOc1ccccc1CCCNC(=O)C1CCN(Cc2nc(-c3ccc(Br)cc3)no2)CC1. The van der Waals surface area contributed by atoms with Gasteiger partial charge in [0, 0.05) is 22.5 Å². The number of hydrogen-bond donors (Lipinski definition) is 1. The van der Waals surface area contributed by atoms with Crippen LogP contribution in [0, 0.1) is 5.92 Å². The molecule has 0 radical (unpaired) electrons. The number of rotatable bonds is 10. The molecule has 1 amide bonds. The van der Waals surface area contributed by atoms with Crippen molar-refractivity contribution in [3.8, 4) is 17.1 Å². The van der Waals surface area contributed by atoms with Crippen LogP contribution in [0.4, 0.5) is 0 Å². The van der Waals surface area contributed by atoms with Crippen LogP contribution in [0.5, 0.6) is 5.75 Å². The van der Waals surface area contributed by atoms with Crippen LogP contribution < -0.4 is 10.1 Å². The lowest BCUT2D eigenvalue weighted by atomic mass is 9.96. The van der Waals surface area contributed by atoms with E-state index in [-0.39, 0.29) is 11.8 Å². The number of likely N-dealkylation sites (tertiary alicyclic amines) is 1. The maximum absolute atomic E-state index is 12.6. The monoisotopic (exact) mass is 526 g/mol. The summed E-state index contributed by atoms with van der Waals surface area (Å²) in [6, 6.07) is 15.9. The second-order valence-electron chi connectivity index (χ2n) is 8.50. The van der Waals surface area contributed by atoms with Crippen molar-refractivity contribution in [1.82, 2.24) is 20.4 Å². The summed E-state index contributed by atoms with van der Waals surface area (Å²) in [5.41, 5.74) is 2.12. The Morgan fingerprint density at radius 3 is 2.71 bits per heavy atom. The van der Waals surface area contributed by atoms with Crippen LogP contribution in [0.15, 0.2) is 57.5 Å². The minimum absolute atomic E-state index is 0.0629. The Labute approximate surface area is 209 Å². The molecular formula is C26H31BrN4O3. The summed E-state index contributed by atoms with van der Waals surface area (Å²) >= 11 is 3.43. The van der Waals surface area contributed by atoms with Crippen LogP contribution in [-0.4, -0.2) is 47.2 Å². The summed E-state index contributed by atoms with van der Waals surface area (Å²) in [5.74, 6) is 2.36. The number of ether oxygens (including phenoxy) is 1. The summed E-state index contributed by atoms with van der Waals surface area (Å²) in [6.45, 7) is 5.62. The topological polar surface area (TPSA) is 80.5 Å². The van der Waals surface area contributed by atoms with Crippen LogP contribution in [-0.2, 0) is 17.8 Å². The maximum Gasteiger partial charge on any atom is 0.241 e. The van der Waals surface area contributed by atoms with Gasteiger partial charge in [-0.15, -0.1) is 0 Å². The average molecular weight is 527 g/mol. The van der Waals surface area contributed by atoms with E-state index < -0.39 is 0 Å². The molecule has 1 fully saturated rings. The van der Waals surface area contributed by atoms with E-state index in [2.05, 4.69) is 42.4 Å². The summed E-state index contributed by atoms with van der Waals surface area (Å²) in [6.07, 6.45) is 3.47. The zero-order chi connectivity index (χ0) is 23.8. The first-order valence-corrected chi connectivity index (χ1v) is 12.7. The smallest absolute Gasteiger partial charge is 0.241 e. The van der Waals surface area contributed by atoms with Crippen molar-refractivity contribution in [2.75, 3.05) is 26.2 Å². The molecule has 1 aliphatic heterocycles. The second-order valence-corrected chi connectivity index (χ2v) is 9.42. The van der Waals surface area contributed by atoms with E-state index in [1.165, 1.54) is 5.56 Å². The third-order valence-corrected chi connectivity index (χ3v) is 6.61. The molecule has 0 atom stereocenters. The van der Waals surface area contributed by atoms with Crippen LogP contribution in [0.1, 0.15) is 37.6 Å². The number of aromatic nitrogens is 2. The fraction of sp³-hybridized carbons (Fsp3) is 0.423. The number of carbonyl (C=O) groups is 1. The van der Waals surface area contributed by atoms with Crippen molar-refractivity contribution in [2.24, 2.45) is 5.92 Å². The highest BCUT2D eigenvalue weighted by molar-refractivity contribution is 9.10. The lowest BCUT2D eigenvalue weighted by Gasteiger charge is -2.30. The minimum atomic E-state index is 0.0629. The third-order valence-electron chi connectivity index (χ3n) is 6.08. The molecule has 34 heavy (non-hydrogen) atoms. The predicted octanol–water partition coefficient (Wildman–Crippen LogP) is 4.86. The molecule has 3 aromatic rings. The van der Waals surface area contributed by atoms with Crippen LogP contribution in [0.25, 0.3) is 11.4 Å². The molecule has 0 aliphatic carbocycles. The van der Waals surface area contributed by atoms with Crippen molar-refractivity contribution >= 4 is 21.8 Å². The van der Waals surface area contributed by atoms with Gasteiger partial charge in [-0.1, -0.05) is 39.3 Å². The Morgan fingerprint density at radius 1 is 1.18 bits per heavy atom. The summed E-state index contributed by atoms with van der Waals surface area (Å²) in [4.78, 5) is 19.4. The molecule has 1 saturated heterocycles. The fourth-order valence-electron chi connectivity index (χ4n) is 4.22. The quantitative estimate of drug-likeness (QED) is 0.380. The standard InChI is InChI=1S/C26H31BrN4O3/c1-2-33-23-8-4-3-6-19(23)7-5-15-28-26(32)21-13-16-31(17-14-21)18-24-29-25(30-34-24)20-9-11-22(27)12-10-20/h3-4,6,8-12,21H,2,5,7,13-18H2,1H3,(H,28,32). The number of halogens is 1. The molecule has 1 aromatic heterocycles. The molecule has 0 saturated carbocycles. The van der Waals surface area contributed by atoms with Gasteiger partial charge < -0.3 is 14.6 Å². The number of aryl methyl sites for hydroxylation is 1. The molecule has 2 aromatic carbocycles. The van der Waals surface area contributed by atoms with Gasteiger partial charge in [-0.2, -0.15) is 4.98 Å². The zero-order valence-electron chi connectivity index (χ0n) is 19.5. The highest BCUT2D eigenvalue weighted by Gasteiger charge is 2.25. The Kier molecular flexibility index (Phi) is 8.71. The number of benzene rings is 2. The summed E-state index contributed by atoms with van der Waals surface area (Å²) < 4.78 is 12.1. The van der Waals surface area contributed by atoms with Gasteiger partial charge in [-0.05, 0) is 81.6 Å². The van der Waals surface area contributed by atoms with Crippen LogP contribution in [0.3, 0.4) is 0 Å². The first-order valence-electron chi connectivity index (χ1n) is 11.9. The number of para-hydroxylation sites is 1. The van der Waals surface area contributed by atoms with Crippen molar-refractivity contribution in [3.63, 3.8) is 0 Å². The van der Waals surface area contributed by atoms with Crippen molar-refractivity contribution in [1.29, 1.82) is 0 Å². The molecule has 4 rings (SSSR count). The highest BCUT2D eigenvalue weighted by Crippen LogP contribution is 2.22. The van der Waals surface area contributed by atoms with E-state index in [9.17, 15) is 4.79 Å². The Bertz CT molecular complexity index is 1060. The van der Waals surface area contributed by atoms with Gasteiger partial charge in [-0.3, -0.25) is 9.69 Å². The Hall–Kier alpha value is -2.71. The van der Waals surface area contributed by atoms with Crippen LogP contribution in [0.2, 0.25) is 0 Å². The van der Waals surface area contributed by atoms with Crippen molar-refractivity contribution < 1.29 is 14.1 Å². The first-order chi connectivity index (χ1) is 16.6. The Morgan fingerprint density at radius 2 is 1.94 bits per heavy atom. The fourth-order valence-corrected chi connectivity index (χ4v) is 4.49. The number of nitrogens with one attached hydrogen (secondary N) is 1. The van der Waals surface area contributed by atoms with E-state index >= 15 is 0 Å². The van der Waals surface area contributed by atoms with Crippen LogP contribution >= 0.6 is 15.9 Å². The van der Waals surface area contributed by atoms with E-state index in [4.69, 9.17) is 9.26 Å². The molecule has 0 spiro atoms. The number of carbonyl (C=O) groups excluding carboxylic acids is 1. The average Bonchev–Trinajstić information content (AvgIpc) is 3.32. The van der Waals surface area contributed by atoms with Gasteiger partial charge in [0.2, 0.25) is 17.6 Å². The highest BCUT2D eigenvalue weighted by atomic mass is 79.9. The van der Waals surface area contributed by atoms with Gasteiger partial charge in [0.15, 0.2) is 0 Å². The second kappa shape index (κ2) is 12.1.